The third-order valence-corrected chi connectivity index (χ3v) is 3.42. The molecule has 0 bridgehead atoms. The third kappa shape index (κ3) is 2.09. The number of aryl methyl sites for hydroxylation is 1. The molecule has 1 aromatic carbocycles. The first-order chi connectivity index (χ1) is 7.80. The van der Waals surface area contributed by atoms with Gasteiger partial charge in [-0.1, -0.05) is 32.4 Å². The molecule has 0 saturated heterocycles. The van der Waals surface area contributed by atoms with Gasteiger partial charge in [0, 0.05) is 27.6 Å². The van der Waals surface area contributed by atoms with Crippen molar-refractivity contribution in [1.82, 2.24) is 4.98 Å². The van der Waals surface area contributed by atoms with E-state index in [-0.39, 0.29) is 10.8 Å². The van der Waals surface area contributed by atoms with E-state index in [2.05, 4.69) is 25.8 Å². The van der Waals surface area contributed by atoms with Crippen LogP contribution < -0.4 is 5.43 Å². The molecule has 3 heteroatoms. The summed E-state index contributed by atoms with van der Waals surface area (Å²) >= 11 is 6.08. The first-order valence-electron chi connectivity index (χ1n) is 5.63. The van der Waals surface area contributed by atoms with E-state index in [9.17, 15) is 4.79 Å². The fourth-order valence-corrected chi connectivity index (χ4v) is 1.99. The average Bonchev–Trinajstić information content (AvgIpc) is 2.22. The van der Waals surface area contributed by atoms with Gasteiger partial charge in [0.2, 0.25) is 0 Å². The number of halogens is 1. The minimum absolute atomic E-state index is 0.0449. The van der Waals surface area contributed by atoms with Crippen molar-refractivity contribution in [3.05, 3.63) is 44.7 Å². The Morgan fingerprint density at radius 1 is 1.24 bits per heavy atom. The molecule has 0 radical (unpaired) electrons. The molecule has 0 aliphatic carbocycles. The molecular formula is C14H16ClNO. The molecule has 2 nitrogen and oxygen atoms in total. The number of H-pyrrole nitrogens is 1. The molecule has 2 aromatic rings. The SMILES string of the molecule is Cc1c(Cl)ccc2c(=O)cc(C(C)(C)C)[nH]c12. The van der Waals surface area contributed by atoms with Gasteiger partial charge >= 0.3 is 0 Å². The standard InChI is InChI=1S/C14H16ClNO/c1-8-10(15)6-5-9-11(17)7-12(14(2,3)4)16-13(8)9/h5-7H,1-4H3,(H,16,17). The number of aromatic nitrogens is 1. The highest BCUT2D eigenvalue weighted by Gasteiger charge is 2.17. The second-order valence-electron chi connectivity index (χ2n) is 5.39. The van der Waals surface area contributed by atoms with Crippen LogP contribution in [0.15, 0.2) is 23.0 Å². The van der Waals surface area contributed by atoms with Crippen LogP contribution in [-0.4, -0.2) is 4.98 Å². The summed E-state index contributed by atoms with van der Waals surface area (Å²) in [5, 5.41) is 1.37. The van der Waals surface area contributed by atoms with E-state index in [1.54, 1.807) is 18.2 Å². The maximum absolute atomic E-state index is 12.0. The van der Waals surface area contributed by atoms with Crippen LogP contribution in [0.3, 0.4) is 0 Å². The third-order valence-electron chi connectivity index (χ3n) is 3.01. The Morgan fingerprint density at radius 3 is 2.47 bits per heavy atom. The van der Waals surface area contributed by atoms with Crippen molar-refractivity contribution in [2.24, 2.45) is 0 Å². The molecule has 1 N–H and O–H groups in total. The van der Waals surface area contributed by atoms with Crippen molar-refractivity contribution >= 4 is 22.5 Å². The van der Waals surface area contributed by atoms with Gasteiger partial charge in [0.05, 0.1) is 5.52 Å². The topological polar surface area (TPSA) is 32.9 Å². The number of pyridine rings is 1. The molecule has 1 heterocycles. The maximum atomic E-state index is 12.0. The lowest BCUT2D eigenvalue weighted by molar-refractivity contribution is 0.571. The van der Waals surface area contributed by atoms with E-state index in [0.29, 0.717) is 10.4 Å². The fourth-order valence-electron chi connectivity index (χ4n) is 1.84. The minimum atomic E-state index is -0.0812. The smallest absolute Gasteiger partial charge is 0.189 e. The molecule has 1 aromatic heterocycles. The van der Waals surface area contributed by atoms with Crippen molar-refractivity contribution in [2.45, 2.75) is 33.1 Å². The van der Waals surface area contributed by atoms with Crippen LogP contribution in [0.4, 0.5) is 0 Å². The minimum Gasteiger partial charge on any atom is -0.357 e. The van der Waals surface area contributed by atoms with Crippen molar-refractivity contribution in [3.8, 4) is 0 Å². The molecule has 0 aliphatic heterocycles. The van der Waals surface area contributed by atoms with Gasteiger partial charge in [-0.3, -0.25) is 4.79 Å². The summed E-state index contributed by atoms with van der Waals surface area (Å²) < 4.78 is 0. The number of hydrogen-bond donors (Lipinski definition) is 1. The fraction of sp³-hybridized carbons (Fsp3) is 0.357. The normalized spacial score (nSPS) is 12.1. The molecule has 0 atom stereocenters. The molecule has 0 unspecified atom stereocenters. The summed E-state index contributed by atoms with van der Waals surface area (Å²) in [6.07, 6.45) is 0. The number of fused-ring (bicyclic) bond motifs is 1. The number of hydrogen-bond acceptors (Lipinski definition) is 1. The average molecular weight is 250 g/mol. The zero-order valence-corrected chi connectivity index (χ0v) is 11.3. The first kappa shape index (κ1) is 12.2. The Hall–Kier alpha value is -1.28. The number of benzene rings is 1. The van der Waals surface area contributed by atoms with Gasteiger partial charge in [0.15, 0.2) is 5.43 Å². The van der Waals surface area contributed by atoms with E-state index >= 15 is 0 Å². The van der Waals surface area contributed by atoms with Gasteiger partial charge in [0.25, 0.3) is 0 Å². The molecule has 17 heavy (non-hydrogen) atoms. The summed E-state index contributed by atoms with van der Waals surface area (Å²) in [5.74, 6) is 0. The largest absolute Gasteiger partial charge is 0.357 e. The van der Waals surface area contributed by atoms with Gasteiger partial charge in [-0.15, -0.1) is 0 Å². The van der Waals surface area contributed by atoms with Gasteiger partial charge in [-0.05, 0) is 24.6 Å². The van der Waals surface area contributed by atoms with Crippen LogP contribution in [0.1, 0.15) is 32.0 Å². The van der Waals surface area contributed by atoms with Crippen LogP contribution >= 0.6 is 11.6 Å². The Morgan fingerprint density at radius 2 is 1.88 bits per heavy atom. The van der Waals surface area contributed by atoms with Gasteiger partial charge in [-0.25, -0.2) is 0 Å². The van der Waals surface area contributed by atoms with Crippen molar-refractivity contribution in [3.63, 3.8) is 0 Å². The highest BCUT2D eigenvalue weighted by atomic mass is 35.5. The highest BCUT2D eigenvalue weighted by molar-refractivity contribution is 6.32. The lowest BCUT2D eigenvalue weighted by atomic mass is 9.91. The first-order valence-corrected chi connectivity index (χ1v) is 6.01. The predicted octanol–water partition coefficient (Wildman–Crippen LogP) is 3.79. The van der Waals surface area contributed by atoms with Crippen molar-refractivity contribution in [2.75, 3.05) is 0 Å². The van der Waals surface area contributed by atoms with E-state index in [4.69, 9.17) is 11.6 Å². The van der Waals surface area contributed by atoms with Crippen LogP contribution in [0.2, 0.25) is 5.02 Å². The van der Waals surface area contributed by atoms with E-state index in [0.717, 1.165) is 16.8 Å². The van der Waals surface area contributed by atoms with Gasteiger partial charge in [0.1, 0.15) is 0 Å². The zero-order valence-electron chi connectivity index (χ0n) is 10.5. The Bertz CT molecular complexity index is 635. The molecule has 0 amide bonds. The second kappa shape index (κ2) is 3.88. The van der Waals surface area contributed by atoms with E-state index < -0.39 is 0 Å². The highest BCUT2D eigenvalue weighted by Crippen LogP contribution is 2.25. The van der Waals surface area contributed by atoms with Crippen molar-refractivity contribution in [1.29, 1.82) is 0 Å². The molecule has 90 valence electrons. The Kier molecular flexibility index (Phi) is 2.78. The van der Waals surface area contributed by atoms with Gasteiger partial charge in [-0.2, -0.15) is 0 Å². The summed E-state index contributed by atoms with van der Waals surface area (Å²) in [5.41, 5.74) is 2.66. The van der Waals surface area contributed by atoms with Gasteiger partial charge < -0.3 is 4.98 Å². The number of nitrogens with one attached hydrogen (secondary N) is 1. The summed E-state index contributed by atoms with van der Waals surface area (Å²) in [6.45, 7) is 8.14. The van der Waals surface area contributed by atoms with Crippen LogP contribution in [-0.2, 0) is 5.41 Å². The molecule has 0 aliphatic rings. The molecule has 0 spiro atoms. The van der Waals surface area contributed by atoms with Crippen LogP contribution in [0, 0.1) is 6.92 Å². The Labute approximate surface area is 106 Å². The molecule has 0 saturated carbocycles. The lowest BCUT2D eigenvalue weighted by Crippen LogP contribution is -2.17. The summed E-state index contributed by atoms with van der Waals surface area (Å²) in [6, 6.07) is 5.22. The number of rotatable bonds is 0. The monoisotopic (exact) mass is 249 g/mol. The Balaban J connectivity index is 2.89. The summed E-state index contributed by atoms with van der Waals surface area (Å²) in [7, 11) is 0. The number of aromatic amines is 1. The quantitative estimate of drug-likeness (QED) is 0.757. The lowest BCUT2D eigenvalue weighted by Gasteiger charge is -2.19. The van der Waals surface area contributed by atoms with Crippen LogP contribution in [0.5, 0.6) is 0 Å². The summed E-state index contributed by atoms with van der Waals surface area (Å²) in [4.78, 5) is 15.4. The van der Waals surface area contributed by atoms with Crippen molar-refractivity contribution < 1.29 is 0 Å². The molecule has 0 fully saturated rings. The maximum Gasteiger partial charge on any atom is 0.189 e. The van der Waals surface area contributed by atoms with E-state index in [1.807, 2.05) is 6.92 Å². The second-order valence-corrected chi connectivity index (χ2v) is 5.80. The molecular weight excluding hydrogens is 234 g/mol. The molecule has 2 rings (SSSR count). The zero-order chi connectivity index (χ0) is 12.8. The predicted molar refractivity (Wildman–Crippen MR) is 73.0 cm³/mol. The van der Waals surface area contributed by atoms with Crippen LogP contribution in [0.25, 0.3) is 10.9 Å². The van der Waals surface area contributed by atoms with E-state index in [1.165, 1.54) is 0 Å².